The van der Waals surface area contributed by atoms with Gasteiger partial charge in [-0.2, -0.15) is 0 Å². The number of ether oxygens (including phenoxy) is 1. The van der Waals surface area contributed by atoms with E-state index in [1.54, 1.807) is 6.92 Å². The van der Waals surface area contributed by atoms with E-state index in [1.165, 1.54) is 6.07 Å². The van der Waals surface area contributed by atoms with Crippen LogP contribution in [-0.4, -0.2) is 17.0 Å². The van der Waals surface area contributed by atoms with Crippen molar-refractivity contribution < 1.29 is 14.1 Å². The summed E-state index contributed by atoms with van der Waals surface area (Å²) in [5.41, 5.74) is 0. The molecule has 1 rings (SSSR count). The van der Waals surface area contributed by atoms with E-state index < -0.39 is 5.24 Å². The summed E-state index contributed by atoms with van der Waals surface area (Å²) in [6, 6.07) is 1.35. The summed E-state index contributed by atoms with van der Waals surface area (Å²) in [5, 5.41) is 2.75. The summed E-state index contributed by atoms with van der Waals surface area (Å²) in [6.07, 6.45) is 0. The number of carbonyl (C=O) groups excluding carboxylic acids is 1. The summed E-state index contributed by atoms with van der Waals surface area (Å²) >= 11 is 5.09. The van der Waals surface area contributed by atoms with Crippen molar-refractivity contribution in [1.29, 1.82) is 0 Å². The average Bonchev–Trinajstić information content (AvgIpc) is 2.37. The van der Waals surface area contributed by atoms with E-state index in [4.69, 9.17) is 16.3 Å². The van der Waals surface area contributed by atoms with Gasteiger partial charge in [-0.1, -0.05) is 0 Å². The molecular formula is C6H6ClNO3. The van der Waals surface area contributed by atoms with Crippen LogP contribution in [0.1, 0.15) is 17.5 Å². The van der Waals surface area contributed by atoms with E-state index in [-0.39, 0.29) is 11.6 Å². The zero-order valence-corrected chi connectivity index (χ0v) is 6.59. The monoisotopic (exact) mass is 175 g/mol. The molecule has 1 aromatic rings. The van der Waals surface area contributed by atoms with E-state index >= 15 is 0 Å². The Balaban J connectivity index is 2.73. The second-order valence-electron chi connectivity index (χ2n) is 1.74. The third-order valence-electron chi connectivity index (χ3n) is 0.974. The molecule has 60 valence electrons. The molecule has 0 aliphatic carbocycles. The van der Waals surface area contributed by atoms with Crippen LogP contribution < -0.4 is 4.74 Å². The molecule has 0 radical (unpaired) electrons. The van der Waals surface area contributed by atoms with Gasteiger partial charge in [0.15, 0.2) is 0 Å². The van der Waals surface area contributed by atoms with Gasteiger partial charge in [0.05, 0.1) is 12.7 Å². The molecule has 0 aromatic carbocycles. The molecule has 0 aliphatic heterocycles. The molecule has 0 N–H and O–H groups in total. The minimum atomic E-state index is -0.677. The summed E-state index contributed by atoms with van der Waals surface area (Å²) in [7, 11) is 0. The highest BCUT2D eigenvalue weighted by atomic mass is 35.5. The maximum atomic E-state index is 10.4. The third kappa shape index (κ3) is 1.94. The molecule has 1 aromatic heterocycles. The highest BCUT2D eigenvalue weighted by molar-refractivity contribution is 6.67. The fourth-order valence-electron chi connectivity index (χ4n) is 0.568. The number of halogens is 1. The minimum absolute atomic E-state index is 0.00452. The quantitative estimate of drug-likeness (QED) is 0.653. The molecule has 0 saturated carbocycles. The molecule has 0 amide bonds. The summed E-state index contributed by atoms with van der Waals surface area (Å²) in [5.74, 6) is 0.270. The summed E-state index contributed by atoms with van der Waals surface area (Å²) < 4.78 is 9.44. The van der Waals surface area contributed by atoms with Crippen LogP contribution in [0.5, 0.6) is 5.88 Å². The Labute approximate surface area is 68.1 Å². The van der Waals surface area contributed by atoms with Gasteiger partial charge < -0.3 is 9.26 Å². The lowest BCUT2D eigenvalue weighted by molar-refractivity contribution is 0.104. The SMILES string of the molecule is CCOc1cc(C(=O)Cl)on1. The molecule has 0 aliphatic rings. The van der Waals surface area contributed by atoms with Crippen molar-refractivity contribution in [2.45, 2.75) is 6.92 Å². The van der Waals surface area contributed by atoms with Gasteiger partial charge in [0.2, 0.25) is 5.76 Å². The smallest absolute Gasteiger partial charge is 0.290 e. The van der Waals surface area contributed by atoms with Crippen molar-refractivity contribution >= 4 is 16.8 Å². The first-order valence-electron chi connectivity index (χ1n) is 3.03. The molecule has 0 unspecified atom stereocenters. The number of hydrogen-bond donors (Lipinski definition) is 0. The predicted molar refractivity (Wildman–Crippen MR) is 37.9 cm³/mol. The second kappa shape index (κ2) is 3.39. The van der Waals surface area contributed by atoms with Crippen molar-refractivity contribution in [3.05, 3.63) is 11.8 Å². The molecule has 0 spiro atoms. The predicted octanol–water partition coefficient (Wildman–Crippen LogP) is 1.45. The molecule has 0 bridgehead atoms. The van der Waals surface area contributed by atoms with Crippen LogP contribution >= 0.6 is 11.6 Å². The fourth-order valence-corrected chi connectivity index (χ4v) is 0.657. The van der Waals surface area contributed by atoms with Crippen LogP contribution in [0.15, 0.2) is 10.6 Å². The van der Waals surface area contributed by atoms with Crippen LogP contribution in [0.3, 0.4) is 0 Å². The Morgan fingerprint density at radius 2 is 2.64 bits per heavy atom. The highest BCUT2D eigenvalue weighted by Gasteiger charge is 2.09. The zero-order chi connectivity index (χ0) is 8.27. The Kier molecular flexibility index (Phi) is 2.48. The Morgan fingerprint density at radius 1 is 1.91 bits per heavy atom. The van der Waals surface area contributed by atoms with Gasteiger partial charge in [0, 0.05) is 0 Å². The van der Waals surface area contributed by atoms with Crippen molar-refractivity contribution in [3.8, 4) is 5.88 Å². The standard InChI is InChI=1S/C6H6ClNO3/c1-2-10-5-3-4(6(7)9)11-8-5/h3H,2H2,1H3. The topological polar surface area (TPSA) is 52.3 Å². The molecule has 0 atom stereocenters. The van der Waals surface area contributed by atoms with Gasteiger partial charge in [-0.15, -0.1) is 0 Å². The summed E-state index contributed by atoms with van der Waals surface area (Å²) in [6.45, 7) is 2.28. The third-order valence-corrected chi connectivity index (χ3v) is 1.16. The number of rotatable bonds is 3. The Hall–Kier alpha value is -1.03. The molecule has 0 saturated heterocycles. The minimum Gasteiger partial charge on any atom is -0.476 e. The molecule has 5 heteroatoms. The van der Waals surface area contributed by atoms with Gasteiger partial charge in [0.1, 0.15) is 0 Å². The van der Waals surface area contributed by atoms with E-state index in [0.717, 1.165) is 0 Å². The molecule has 1 heterocycles. The Bertz CT molecular complexity index is 258. The van der Waals surface area contributed by atoms with Crippen molar-refractivity contribution in [1.82, 2.24) is 5.16 Å². The highest BCUT2D eigenvalue weighted by Crippen LogP contribution is 2.12. The maximum absolute atomic E-state index is 10.4. The fraction of sp³-hybridized carbons (Fsp3) is 0.333. The lowest BCUT2D eigenvalue weighted by Gasteiger charge is -1.91. The van der Waals surface area contributed by atoms with E-state index in [1.807, 2.05) is 0 Å². The van der Waals surface area contributed by atoms with Gasteiger partial charge in [0.25, 0.3) is 11.1 Å². The molecule has 4 nitrogen and oxygen atoms in total. The number of carbonyl (C=O) groups is 1. The van der Waals surface area contributed by atoms with Gasteiger partial charge in [-0.3, -0.25) is 4.79 Å². The lowest BCUT2D eigenvalue weighted by Crippen LogP contribution is -1.90. The van der Waals surface area contributed by atoms with Crippen molar-refractivity contribution in [2.24, 2.45) is 0 Å². The van der Waals surface area contributed by atoms with Crippen molar-refractivity contribution in [2.75, 3.05) is 6.61 Å². The van der Waals surface area contributed by atoms with Gasteiger partial charge in [-0.25, -0.2) is 0 Å². The van der Waals surface area contributed by atoms with Crippen LogP contribution in [0.25, 0.3) is 0 Å². The maximum Gasteiger partial charge on any atom is 0.290 e. The van der Waals surface area contributed by atoms with Crippen LogP contribution in [0.4, 0.5) is 0 Å². The lowest BCUT2D eigenvalue weighted by atomic mass is 10.5. The second-order valence-corrected chi connectivity index (χ2v) is 2.08. The first-order chi connectivity index (χ1) is 5.24. The van der Waals surface area contributed by atoms with E-state index in [0.29, 0.717) is 6.61 Å². The van der Waals surface area contributed by atoms with Crippen LogP contribution in [0, 0.1) is 0 Å². The van der Waals surface area contributed by atoms with Crippen molar-refractivity contribution in [3.63, 3.8) is 0 Å². The van der Waals surface area contributed by atoms with E-state index in [9.17, 15) is 4.79 Å². The largest absolute Gasteiger partial charge is 0.476 e. The average molecular weight is 176 g/mol. The molecular weight excluding hydrogens is 170 g/mol. The number of hydrogen-bond acceptors (Lipinski definition) is 4. The molecule has 0 fully saturated rings. The van der Waals surface area contributed by atoms with Gasteiger partial charge in [-0.05, 0) is 23.7 Å². The van der Waals surface area contributed by atoms with Crippen LogP contribution in [0.2, 0.25) is 0 Å². The zero-order valence-electron chi connectivity index (χ0n) is 5.83. The Morgan fingerprint density at radius 3 is 3.09 bits per heavy atom. The normalized spacial score (nSPS) is 9.64. The summed E-state index contributed by atoms with van der Waals surface area (Å²) in [4.78, 5) is 10.4. The van der Waals surface area contributed by atoms with Gasteiger partial charge >= 0.3 is 0 Å². The molecule has 11 heavy (non-hydrogen) atoms. The first-order valence-corrected chi connectivity index (χ1v) is 3.41. The van der Waals surface area contributed by atoms with Crippen LogP contribution in [-0.2, 0) is 0 Å². The van der Waals surface area contributed by atoms with E-state index in [2.05, 4.69) is 9.68 Å². The number of nitrogens with zero attached hydrogens (tertiary/aromatic N) is 1. The first kappa shape index (κ1) is 8.07. The number of aromatic nitrogens is 1.